The first-order valence-corrected chi connectivity index (χ1v) is 8.38. The van der Waals surface area contributed by atoms with Crippen molar-refractivity contribution in [2.24, 2.45) is 5.73 Å². The molecule has 2 rings (SSSR count). The van der Waals surface area contributed by atoms with Crippen molar-refractivity contribution >= 4 is 10.0 Å². The zero-order valence-corrected chi connectivity index (χ0v) is 12.5. The Bertz CT molecular complexity index is 672. The van der Waals surface area contributed by atoms with Gasteiger partial charge in [0.2, 0.25) is 10.0 Å². The first-order valence-electron chi connectivity index (χ1n) is 6.73. The highest BCUT2D eigenvalue weighted by molar-refractivity contribution is 7.89. The lowest BCUT2D eigenvalue weighted by Crippen LogP contribution is -2.26. The number of nitrogens with one attached hydrogen (secondary N) is 1. The molecule has 1 aromatic carbocycles. The Morgan fingerprint density at radius 1 is 1.05 bits per heavy atom. The molecule has 0 aliphatic carbocycles. The molecule has 21 heavy (non-hydrogen) atoms. The van der Waals surface area contributed by atoms with Crippen LogP contribution in [0.2, 0.25) is 0 Å². The number of nitrogens with zero attached hydrogens (tertiary/aromatic N) is 1. The predicted octanol–water partition coefficient (Wildman–Crippen LogP) is 1.20. The minimum Gasteiger partial charge on any atom is -0.326 e. The van der Waals surface area contributed by atoms with Gasteiger partial charge in [-0.2, -0.15) is 0 Å². The van der Waals surface area contributed by atoms with Crippen molar-refractivity contribution in [2.75, 3.05) is 5.75 Å². The molecule has 0 bridgehead atoms. The van der Waals surface area contributed by atoms with Crippen LogP contribution >= 0.6 is 0 Å². The second-order valence-corrected chi connectivity index (χ2v) is 6.70. The van der Waals surface area contributed by atoms with Crippen molar-refractivity contribution in [3.8, 4) is 0 Å². The summed E-state index contributed by atoms with van der Waals surface area (Å²) in [6.07, 6.45) is 3.79. The van der Waals surface area contributed by atoms with Gasteiger partial charge in [0.15, 0.2) is 0 Å². The molecule has 0 spiro atoms. The lowest BCUT2D eigenvalue weighted by atomic mass is 10.1. The van der Waals surface area contributed by atoms with Gasteiger partial charge in [0, 0.05) is 25.5 Å². The van der Waals surface area contributed by atoms with Crippen LogP contribution in [0.3, 0.4) is 0 Å². The number of hydrogen-bond donors (Lipinski definition) is 2. The van der Waals surface area contributed by atoms with E-state index in [4.69, 9.17) is 5.73 Å². The van der Waals surface area contributed by atoms with Crippen LogP contribution in [0.4, 0.5) is 0 Å². The van der Waals surface area contributed by atoms with Crippen LogP contribution < -0.4 is 10.5 Å². The number of pyridine rings is 1. The third-order valence-corrected chi connectivity index (χ3v) is 4.46. The molecule has 0 unspecified atom stereocenters. The zero-order valence-electron chi connectivity index (χ0n) is 11.7. The number of hydrogen-bond acceptors (Lipinski definition) is 4. The van der Waals surface area contributed by atoms with Crippen molar-refractivity contribution in [1.82, 2.24) is 9.71 Å². The van der Waals surface area contributed by atoms with E-state index in [0.29, 0.717) is 13.0 Å². The SMILES string of the molecule is NCc1cccc(CNS(=O)(=O)CCc2ccncc2)c1. The summed E-state index contributed by atoms with van der Waals surface area (Å²) in [5.41, 5.74) is 8.42. The standard InChI is InChI=1S/C15H19N3O2S/c16-11-14-2-1-3-15(10-14)12-18-21(19,20)9-6-13-4-7-17-8-5-13/h1-5,7-8,10,18H,6,9,11-12,16H2. The minimum absolute atomic E-state index is 0.0631. The summed E-state index contributed by atoms with van der Waals surface area (Å²) in [6, 6.07) is 11.2. The molecule has 6 heteroatoms. The van der Waals surface area contributed by atoms with Gasteiger partial charge >= 0.3 is 0 Å². The highest BCUT2D eigenvalue weighted by Crippen LogP contribution is 2.05. The summed E-state index contributed by atoms with van der Waals surface area (Å²) < 4.78 is 26.6. The third kappa shape index (κ3) is 5.26. The van der Waals surface area contributed by atoms with Gasteiger partial charge < -0.3 is 5.73 Å². The predicted molar refractivity (Wildman–Crippen MR) is 82.9 cm³/mol. The highest BCUT2D eigenvalue weighted by atomic mass is 32.2. The maximum atomic E-state index is 12.0. The fraction of sp³-hybridized carbons (Fsp3) is 0.267. The fourth-order valence-corrected chi connectivity index (χ4v) is 2.97. The Morgan fingerprint density at radius 2 is 1.76 bits per heavy atom. The van der Waals surface area contributed by atoms with Gasteiger partial charge in [0.25, 0.3) is 0 Å². The van der Waals surface area contributed by atoms with Crippen molar-refractivity contribution in [2.45, 2.75) is 19.5 Å². The number of rotatable bonds is 7. The van der Waals surface area contributed by atoms with E-state index in [1.165, 1.54) is 0 Å². The number of nitrogens with two attached hydrogens (primary N) is 1. The van der Waals surface area contributed by atoms with E-state index in [2.05, 4.69) is 9.71 Å². The molecule has 0 saturated heterocycles. The number of benzene rings is 1. The molecular weight excluding hydrogens is 286 g/mol. The first kappa shape index (κ1) is 15.6. The molecule has 0 aliphatic heterocycles. The summed E-state index contributed by atoms with van der Waals surface area (Å²) in [5, 5.41) is 0. The van der Waals surface area contributed by atoms with E-state index in [1.807, 2.05) is 36.4 Å². The van der Waals surface area contributed by atoms with Crippen molar-refractivity contribution in [3.05, 3.63) is 65.5 Å². The largest absolute Gasteiger partial charge is 0.326 e. The number of aromatic nitrogens is 1. The average Bonchev–Trinajstić information content (AvgIpc) is 2.52. The Labute approximate surface area is 125 Å². The molecular formula is C15H19N3O2S. The fourth-order valence-electron chi connectivity index (χ4n) is 1.93. The molecule has 1 aromatic heterocycles. The Morgan fingerprint density at radius 3 is 2.48 bits per heavy atom. The van der Waals surface area contributed by atoms with Crippen LogP contribution in [0.25, 0.3) is 0 Å². The highest BCUT2D eigenvalue weighted by Gasteiger charge is 2.10. The molecule has 5 nitrogen and oxygen atoms in total. The summed E-state index contributed by atoms with van der Waals surface area (Å²) >= 11 is 0. The van der Waals surface area contributed by atoms with E-state index in [9.17, 15) is 8.42 Å². The van der Waals surface area contributed by atoms with E-state index in [-0.39, 0.29) is 12.3 Å². The van der Waals surface area contributed by atoms with Crippen LogP contribution in [-0.2, 0) is 29.5 Å². The summed E-state index contributed by atoms with van der Waals surface area (Å²) in [4.78, 5) is 3.91. The van der Waals surface area contributed by atoms with Crippen LogP contribution in [0, 0.1) is 0 Å². The third-order valence-electron chi connectivity index (χ3n) is 3.13. The molecule has 112 valence electrons. The summed E-state index contributed by atoms with van der Waals surface area (Å²) in [7, 11) is -3.30. The molecule has 0 radical (unpaired) electrons. The van der Waals surface area contributed by atoms with Crippen molar-refractivity contribution in [1.29, 1.82) is 0 Å². The van der Waals surface area contributed by atoms with Gasteiger partial charge in [0.1, 0.15) is 0 Å². The average molecular weight is 305 g/mol. The Balaban J connectivity index is 1.89. The molecule has 0 fully saturated rings. The van der Waals surface area contributed by atoms with Crippen LogP contribution in [-0.4, -0.2) is 19.2 Å². The second-order valence-electron chi connectivity index (χ2n) is 4.77. The quantitative estimate of drug-likeness (QED) is 0.805. The van der Waals surface area contributed by atoms with Gasteiger partial charge in [-0.15, -0.1) is 0 Å². The Hall–Kier alpha value is -1.76. The normalized spacial score (nSPS) is 11.5. The summed E-state index contributed by atoms with van der Waals surface area (Å²) in [6.45, 7) is 0.731. The van der Waals surface area contributed by atoms with E-state index >= 15 is 0 Å². The Kier molecular flexibility index (Phi) is 5.44. The van der Waals surface area contributed by atoms with Gasteiger partial charge in [-0.3, -0.25) is 4.98 Å². The number of sulfonamides is 1. The first-order chi connectivity index (χ1) is 10.1. The monoisotopic (exact) mass is 305 g/mol. The molecule has 0 aliphatic rings. The van der Waals surface area contributed by atoms with E-state index in [1.54, 1.807) is 12.4 Å². The lowest BCUT2D eigenvalue weighted by molar-refractivity contribution is 0.580. The smallest absolute Gasteiger partial charge is 0.212 e. The molecule has 0 atom stereocenters. The van der Waals surface area contributed by atoms with E-state index < -0.39 is 10.0 Å². The molecule has 0 amide bonds. The van der Waals surface area contributed by atoms with E-state index in [0.717, 1.165) is 16.7 Å². The maximum Gasteiger partial charge on any atom is 0.212 e. The van der Waals surface area contributed by atoms with Crippen LogP contribution in [0.1, 0.15) is 16.7 Å². The second kappa shape index (κ2) is 7.31. The van der Waals surface area contributed by atoms with Gasteiger partial charge in [-0.05, 0) is 35.2 Å². The molecule has 3 N–H and O–H groups in total. The lowest BCUT2D eigenvalue weighted by Gasteiger charge is -2.08. The maximum absolute atomic E-state index is 12.0. The topological polar surface area (TPSA) is 85.1 Å². The van der Waals surface area contributed by atoms with Gasteiger partial charge in [0.05, 0.1) is 5.75 Å². The minimum atomic E-state index is -3.30. The van der Waals surface area contributed by atoms with Crippen molar-refractivity contribution < 1.29 is 8.42 Å². The molecule has 0 saturated carbocycles. The zero-order chi connectivity index (χ0) is 15.1. The molecule has 1 heterocycles. The van der Waals surface area contributed by atoms with Crippen LogP contribution in [0.15, 0.2) is 48.8 Å². The van der Waals surface area contributed by atoms with Crippen LogP contribution in [0.5, 0.6) is 0 Å². The van der Waals surface area contributed by atoms with Gasteiger partial charge in [-0.25, -0.2) is 13.1 Å². The van der Waals surface area contributed by atoms with Gasteiger partial charge in [-0.1, -0.05) is 24.3 Å². The summed E-state index contributed by atoms with van der Waals surface area (Å²) in [5.74, 6) is 0.0631. The molecule has 2 aromatic rings. The number of aryl methyl sites for hydroxylation is 1. The van der Waals surface area contributed by atoms with Crippen molar-refractivity contribution in [3.63, 3.8) is 0 Å².